The van der Waals surface area contributed by atoms with Gasteiger partial charge < -0.3 is 9.47 Å². The van der Waals surface area contributed by atoms with Crippen molar-refractivity contribution in [3.05, 3.63) is 71.6 Å². The predicted molar refractivity (Wildman–Crippen MR) is 80.0 cm³/mol. The summed E-state index contributed by atoms with van der Waals surface area (Å²) in [5, 5.41) is 0.552. The Balaban J connectivity index is 1.76. The molecule has 0 aliphatic heterocycles. The lowest BCUT2D eigenvalue weighted by Gasteiger charge is -2.07. The fraction of sp³-hybridized carbons (Fsp3) is 0. The smallest absolute Gasteiger partial charge is 0.325 e. The standard InChI is InChI=1S/C16H10ClFN2O2/c17-11-2-1-3-14(10-11)22-16-19-9-8-15(20-16)21-13-6-4-12(18)5-7-13/h1-10H. The van der Waals surface area contributed by atoms with E-state index in [1.54, 1.807) is 30.3 Å². The monoisotopic (exact) mass is 316 g/mol. The highest BCUT2D eigenvalue weighted by atomic mass is 35.5. The fourth-order valence-electron chi connectivity index (χ4n) is 1.69. The van der Waals surface area contributed by atoms with Gasteiger partial charge in [-0.3, -0.25) is 0 Å². The second kappa shape index (κ2) is 6.41. The zero-order valence-corrected chi connectivity index (χ0v) is 12.0. The fourth-order valence-corrected chi connectivity index (χ4v) is 1.87. The predicted octanol–water partition coefficient (Wildman–Crippen LogP) is 4.85. The number of hydrogen-bond donors (Lipinski definition) is 0. The van der Waals surface area contributed by atoms with Crippen LogP contribution in [0.1, 0.15) is 0 Å². The SMILES string of the molecule is Fc1ccc(Oc2ccnc(Oc3cccc(Cl)c3)n2)cc1. The maximum atomic E-state index is 12.9. The number of ether oxygens (including phenoxy) is 2. The molecule has 0 radical (unpaired) electrons. The summed E-state index contributed by atoms with van der Waals surface area (Å²) in [4.78, 5) is 8.13. The van der Waals surface area contributed by atoms with Crippen molar-refractivity contribution in [2.45, 2.75) is 0 Å². The van der Waals surface area contributed by atoms with Crippen LogP contribution >= 0.6 is 11.6 Å². The van der Waals surface area contributed by atoms with E-state index < -0.39 is 0 Å². The average molecular weight is 317 g/mol. The van der Waals surface area contributed by atoms with Crippen LogP contribution in [-0.4, -0.2) is 9.97 Å². The van der Waals surface area contributed by atoms with E-state index in [0.717, 1.165) is 0 Å². The molecule has 0 aliphatic carbocycles. The number of rotatable bonds is 4. The normalized spacial score (nSPS) is 10.3. The van der Waals surface area contributed by atoms with Gasteiger partial charge in [0, 0.05) is 17.3 Å². The van der Waals surface area contributed by atoms with Crippen molar-refractivity contribution in [2.75, 3.05) is 0 Å². The first-order chi connectivity index (χ1) is 10.7. The Morgan fingerprint density at radius 2 is 1.73 bits per heavy atom. The minimum atomic E-state index is -0.333. The van der Waals surface area contributed by atoms with E-state index in [4.69, 9.17) is 21.1 Å². The van der Waals surface area contributed by atoms with Crippen molar-refractivity contribution in [1.29, 1.82) is 0 Å². The molecule has 6 heteroatoms. The van der Waals surface area contributed by atoms with E-state index in [0.29, 0.717) is 22.4 Å². The van der Waals surface area contributed by atoms with Crippen LogP contribution in [0.2, 0.25) is 5.02 Å². The first kappa shape index (κ1) is 14.3. The van der Waals surface area contributed by atoms with Gasteiger partial charge in [0.1, 0.15) is 17.3 Å². The lowest BCUT2D eigenvalue weighted by atomic mass is 10.3. The lowest BCUT2D eigenvalue weighted by Crippen LogP contribution is -1.94. The van der Waals surface area contributed by atoms with Crippen LogP contribution in [0.5, 0.6) is 23.4 Å². The Labute approximate surface area is 131 Å². The molecule has 0 amide bonds. The molecule has 22 heavy (non-hydrogen) atoms. The zero-order valence-electron chi connectivity index (χ0n) is 11.2. The van der Waals surface area contributed by atoms with E-state index >= 15 is 0 Å². The van der Waals surface area contributed by atoms with Crippen molar-refractivity contribution in [3.8, 4) is 23.4 Å². The molecule has 0 bridgehead atoms. The third kappa shape index (κ3) is 3.71. The summed E-state index contributed by atoms with van der Waals surface area (Å²) in [6.07, 6.45) is 1.51. The van der Waals surface area contributed by atoms with Crippen LogP contribution in [0.25, 0.3) is 0 Å². The van der Waals surface area contributed by atoms with Crippen LogP contribution in [0.3, 0.4) is 0 Å². The number of aromatic nitrogens is 2. The van der Waals surface area contributed by atoms with Gasteiger partial charge in [-0.05, 0) is 42.5 Å². The summed E-state index contributed by atoms with van der Waals surface area (Å²) < 4.78 is 23.9. The van der Waals surface area contributed by atoms with Crippen LogP contribution in [0, 0.1) is 5.82 Å². The van der Waals surface area contributed by atoms with Gasteiger partial charge in [-0.15, -0.1) is 0 Å². The van der Waals surface area contributed by atoms with Gasteiger partial charge in [0.05, 0.1) is 0 Å². The van der Waals surface area contributed by atoms with Gasteiger partial charge in [-0.25, -0.2) is 9.37 Å². The van der Waals surface area contributed by atoms with E-state index in [2.05, 4.69) is 9.97 Å². The second-order valence-electron chi connectivity index (χ2n) is 4.29. The topological polar surface area (TPSA) is 44.2 Å². The number of nitrogens with zero attached hydrogens (tertiary/aromatic N) is 2. The zero-order chi connectivity index (χ0) is 15.4. The maximum Gasteiger partial charge on any atom is 0.325 e. The van der Waals surface area contributed by atoms with Crippen molar-refractivity contribution < 1.29 is 13.9 Å². The van der Waals surface area contributed by atoms with Gasteiger partial charge in [-0.1, -0.05) is 17.7 Å². The van der Waals surface area contributed by atoms with Crippen molar-refractivity contribution in [3.63, 3.8) is 0 Å². The van der Waals surface area contributed by atoms with Crippen molar-refractivity contribution in [1.82, 2.24) is 9.97 Å². The van der Waals surface area contributed by atoms with Crippen LogP contribution < -0.4 is 9.47 Å². The molecule has 0 fully saturated rings. The molecule has 1 aromatic heterocycles. The second-order valence-corrected chi connectivity index (χ2v) is 4.73. The molecule has 3 aromatic rings. The molecule has 4 nitrogen and oxygen atoms in total. The molecule has 0 saturated heterocycles. The third-order valence-electron chi connectivity index (χ3n) is 2.65. The molecule has 0 atom stereocenters. The van der Waals surface area contributed by atoms with Gasteiger partial charge in [0.25, 0.3) is 0 Å². The molecule has 3 rings (SSSR count). The molecule has 0 unspecified atom stereocenters. The minimum Gasteiger partial charge on any atom is -0.439 e. The Bertz CT molecular complexity index is 781. The van der Waals surface area contributed by atoms with Gasteiger partial charge >= 0.3 is 6.01 Å². The Kier molecular flexibility index (Phi) is 4.16. The molecule has 0 aliphatic rings. The lowest BCUT2D eigenvalue weighted by molar-refractivity contribution is 0.411. The largest absolute Gasteiger partial charge is 0.439 e. The van der Waals surface area contributed by atoms with Gasteiger partial charge in [0.2, 0.25) is 5.88 Å². The van der Waals surface area contributed by atoms with E-state index in [1.807, 2.05) is 0 Å². The summed E-state index contributed by atoms with van der Waals surface area (Å²) in [6, 6.07) is 14.2. The molecule has 0 spiro atoms. The molecule has 0 N–H and O–H groups in total. The highest BCUT2D eigenvalue weighted by molar-refractivity contribution is 6.30. The van der Waals surface area contributed by atoms with Crippen LogP contribution in [-0.2, 0) is 0 Å². The first-order valence-electron chi connectivity index (χ1n) is 6.39. The minimum absolute atomic E-state index is 0.127. The molecule has 1 heterocycles. The summed E-state index contributed by atoms with van der Waals surface area (Å²) in [7, 11) is 0. The quantitative estimate of drug-likeness (QED) is 0.690. The van der Waals surface area contributed by atoms with Gasteiger partial charge in [-0.2, -0.15) is 4.98 Å². The Hall–Kier alpha value is -2.66. The number of hydrogen-bond acceptors (Lipinski definition) is 4. The molecular weight excluding hydrogens is 307 g/mol. The summed E-state index contributed by atoms with van der Waals surface area (Å²) >= 11 is 5.89. The van der Waals surface area contributed by atoms with E-state index in [1.165, 1.54) is 30.5 Å². The van der Waals surface area contributed by atoms with Crippen molar-refractivity contribution >= 4 is 11.6 Å². The highest BCUT2D eigenvalue weighted by Gasteiger charge is 2.05. The van der Waals surface area contributed by atoms with Crippen LogP contribution in [0.4, 0.5) is 4.39 Å². The summed E-state index contributed by atoms with van der Waals surface area (Å²) in [5.41, 5.74) is 0. The van der Waals surface area contributed by atoms with Crippen molar-refractivity contribution in [2.24, 2.45) is 0 Å². The van der Waals surface area contributed by atoms with E-state index in [9.17, 15) is 4.39 Å². The van der Waals surface area contributed by atoms with Gasteiger partial charge in [0.15, 0.2) is 0 Å². The third-order valence-corrected chi connectivity index (χ3v) is 2.88. The molecule has 0 saturated carbocycles. The summed E-state index contributed by atoms with van der Waals surface area (Å²) in [5.74, 6) is 0.943. The number of benzene rings is 2. The molecule has 2 aromatic carbocycles. The Morgan fingerprint density at radius 3 is 2.50 bits per heavy atom. The Morgan fingerprint density at radius 1 is 0.909 bits per heavy atom. The highest BCUT2D eigenvalue weighted by Crippen LogP contribution is 2.24. The molecule has 110 valence electrons. The number of halogens is 2. The first-order valence-corrected chi connectivity index (χ1v) is 6.77. The maximum absolute atomic E-state index is 12.9. The summed E-state index contributed by atoms with van der Waals surface area (Å²) in [6.45, 7) is 0. The van der Waals surface area contributed by atoms with E-state index in [-0.39, 0.29) is 11.8 Å². The average Bonchev–Trinajstić information content (AvgIpc) is 2.50. The van der Waals surface area contributed by atoms with Crippen LogP contribution in [0.15, 0.2) is 60.8 Å². The molecular formula is C16H10ClFN2O2.